The molecule has 3 nitrogen and oxygen atoms in total. The maximum Gasteiger partial charge on any atom is 0.239 e. The van der Waals surface area contributed by atoms with E-state index in [-0.39, 0.29) is 17.5 Å². The SMILES string of the molecule is CC(C)CCNC(=O)CNc1ccc(F)c(Cl)c1. The third kappa shape index (κ3) is 5.36. The van der Waals surface area contributed by atoms with Crippen molar-refractivity contribution >= 4 is 23.2 Å². The van der Waals surface area contributed by atoms with Gasteiger partial charge in [-0.25, -0.2) is 4.39 Å². The molecule has 0 radical (unpaired) electrons. The Balaban J connectivity index is 2.31. The van der Waals surface area contributed by atoms with Crippen LogP contribution >= 0.6 is 11.6 Å². The predicted molar refractivity (Wildman–Crippen MR) is 72.4 cm³/mol. The Morgan fingerprint density at radius 2 is 2.17 bits per heavy atom. The van der Waals surface area contributed by atoms with Crippen LogP contribution in [0.3, 0.4) is 0 Å². The smallest absolute Gasteiger partial charge is 0.239 e. The van der Waals surface area contributed by atoms with Gasteiger partial charge in [0.25, 0.3) is 0 Å². The minimum Gasteiger partial charge on any atom is -0.376 e. The molecule has 0 aromatic heterocycles. The molecule has 100 valence electrons. The van der Waals surface area contributed by atoms with E-state index in [2.05, 4.69) is 24.5 Å². The van der Waals surface area contributed by atoms with Crippen molar-refractivity contribution in [2.45, 2.75) is 20.3 Å². The first-order valence-electron chi connectivity index (χ1n) is 5.94. The maximum atomic E-state index is 12.9. The second-order valence-electron chi connectivity index (χ2n) is 4.51. The lowest BCUT2D eigenvalue weighted by atomic mass is 10.1. The molecule has 0 fully saturated rings. The van der Waals surface area contributed by atoms with E-state index in [1.807, 2.05) is 0 Å². The fraction of sp³-hybridized carbons (Fsp3) is 0.462. The molecule has 0 heterocycles. The zero-order chi connectivity index (χ0) is 13.5. The van der Waals surface area contributed by atoms with Gasteiger partial charge in [-0.1, -0.05) is 25.4 Å². The third-order valence-corrected chi connectivity index (χ3v) is 2.71. The summed E-state index contributed by atoms with van der Waals surface area (Å²) in [5, 5.41) is 5.73. The van der Waals surface area contributed by atoms with Crippen molar-refractivity contribution in [2.24, 2.45) is 5.92 Å². The number of carbonyl (C=O) groups excluding carboxylic acids is 1. The Labute approximate surface area is 112 Å². The number of amides is 1. The zero-order valence-corrected chi connectivity index (χ0v) is 11.4. The molecule has 18 heavy (non-hydrogen) atoms. The number of rotatable bonds is 6. The molecule has 1 aromatic carbocycles. The highest BCUT2D eigenvalue weighted by molar-refractivity contribution is 6.31. The Kier molecular flexibility index (Phi) is 5.92. The van der Waals surface area contributed by atoms with E-state index in [1.54, 1.807) is 6.07 Å². The van der Waals surface area contributed by atoms with Gasteiger partial charge < -0.3 is 10.6 Å². The second-order valence-corrected chi connectivity index (χ2v) is 4.92. The highest BCUT2D eigenvalue weighted by Gasteiger charge is 2.03. The number of carbonyl (C=O) groups is 1. The molecular formula is C13H18ClFN2O. The number of halogens is 2. The fourth-order valence-corrected chi connectivity index (χ4v) is 1.53. The summed E-state index contributed by atoms with van der Waals surface area (Å²) in [4.78, 5) is 11.5. The highest BCUT2D eigenvalue weighted by Crippen LogP contribution is 2.18. The van der Waals surface area contributed by atoms with Gasteiger partial charge in [-0.2, -0.15) is 0 Å². The summed E-state index contributed by atoms with van der Waals surface area (Å²) in [7, 11) is 0. The van der Waals surface area contributed by atoms with Crippen molar-refractivity contribution in [3.8, 4) is 0 Å². The highest BCUT2D eigenvalue weighted by atomic mass is 35.5. The summed E-state index contributed by atoms with van der Waals surface area (Å²) in [6.45, 7) is 5.03. The normalized spacial score (nSPS) is 10.5. The summed E-state index contributed by atoms with van der Waals surface area (Å²) in [6, 6.07) is 4.27. The van der Waals surface area contributed by atoms with Gasteiger partial charge in [-0.3, -0.25) is 4.79 Å². The van der Waals surface area contributed by atoms with Crippen molar-refractivity contribution < 1.29 is 9.18 Å². The molecular weight excluding hydrogens is 255 g/mol. The molecule has 0 saturated carbocycles. The van der Waals surface area contributed by atoms with Gasteiger partial charge in [0.2, 0.25) is 5.91 Å². The summed E-state index contributed by atoms with van der Waals surface area (Å²) in [5.41, 5.74) is 0.625. The summed E-state index contributed by atoms with van der Waals surface area (Å²) in [5.74, 6) is 0.00821. The van der Waals surface area contributed by atoms with Crippen molar-refractivity contribution in [1.82, 2.24) is 5.32 Å². The van der Waals surface area contributed by atoms with E-state index in [0.29, 0.717) is 18.2 Å². The predicted octanol–water partition coefficient (Wildman–Crippen LogP) is 3.05. The van der Waals surface area contributed by atoms with Gasteiger partial charge in [0.15, 0.2) is 0 Å². The van der Waals surface area contributed by atoms with E-state index in [0.717, 1.165) is 6.42 Å². The lowest BCUT2D eigenvalue weighted by Crippen LogP contribution is -2.31. The van der Waals surface area contributed by atoms with E-state index >= 15 is 0 Å². The minimum absolute atomic E-state index is 0.0419. The molecule has 1 amide bonds. The minimum atomic E-state index is -0.469. The van der Waals surface area contributed by atoms with Crippen LogP contribution in [0.25, 0.3) is 0 Å². The standard InChI is InChI=1S/C13H18ClFN2O/c1-9(2)5-6-16-13(18)8-17-10-3-4-12(15)11(14)7-10/h3-4,7,9,17H,5-6,8H2,1-2H3,(H,16,18). The van der Waals surface area contributed by atoms with Crippen molar-refractivity contribution in [1.29, 1.82) is 0 Å². The number of anilines is 1. The van der Waals surface area contributed by atoms with Gasteiger partial charge >= 0.3 is 0 Å². The Morgan fingerprint density at radius 3 is 2.78 bits per heavy atom. The van der Waals surface area contributed by atoms with Gasteiger partial charge in [0, 0.05) is 12.2 Å². The van der Waals surface area contributed by atoms with Crippen molar-refractivity contribution in [3.63, 3.8) is 0 Å². The molecule has 0 aliphatic carbocycles. The lowest BCUT2D eigenvalue weighted by molar-refractivity contribution is -0.119. The fourth-order valence-electron chi connectivity index (χ4n) is 1.35. The number of benzene rings is 1. The Bertz CT molecular complexity index is 410. The molecule has 5 heteroatoms. The first-order valence-corrected chi connectivity index (χ1v) is 6.32. The van der Waals surface area contributed by atoms with Crippen LogP contribution in [-0.2, 0) is 4.79 Å². The van der Waals surface area contributed by atoms with Crippen LogP contribution in [0.5, 0.6) is 0 Å². The molecule has 1 rings (SSSR count). The van der Waals surface area contributed by atoms with Crippen LogP contribution in [0.4, 0.5) is 10.1 Å². The summed E-state index contributed by atoms with van der Waals surface area (Å²) in [6.07, 6.45) is 0.952. The average molecular weight is 273 g/mol. The molecule has 0 saturated heterocycles. The average Bonchev–Trinajstić information content (AvgIpc) is 2.30. The molecule has 0 aliphatic heterocycles. The van der Waals surface area contributed by atoms with Crippen LogP contribution < -0.4 is 10.6 Å². The molecule has 0 spiro atoms. The maximum absolute atomic E-state index is 12.9. The van der Waals surface area contributed by atoms with Crippen LogP contribution in [0.1, 0.15) is 20.3 Å². The molecule has 0 aliphatic rings. The molecule has 1 aromatic rings. The van der Waals surface area contributed by atoms with E-state index in [4.69, 9.17) is 11.6 Å². The number of hydrogen-bond donors (Lipinski definition) is 2. The largest absolute Gasteiger partial charge is 0.376 e. The first-order chi connectivity index (χ1) is 8.49. The summed E-state index contributed by atoms with van der Waals surface area (Å²) >= 11 is 5.63. The van der Waals surface area contributed by atoms with Crippen molar-refractivity contribution in [2.75, 3.05) is 18.4 Å². The van der Waals surface area contributed by atoms with E-state index in [9.17, 15) is 9.18 Å². The van der Waals surface area contributed by atoms with Crippen LogP contribution in [0.15, 0.2) is 18.2 Å². The van der Waals surface area contributed by atoms with Gasteiger partial charge in [0.1, 0.15) is 5.82 Å². The van der Waals surface area contributed by atoms with Crippen LogP contribution in [0, 0.1) is 11.7 Å². The second kappa shape index (κ2) is 7.21. The van der Waals surface area contributed by atoms with Gasteiger partial charge in [-0.05, 0) is 30.5 Å². The van der Waals surface area contributed by atoms with Crippen molar-refractivity contribution in [3.05, 3.63) is 29.0 Å². The van der Waals surface area contributed by atoms with E-state index in [1.165, 1.54) is 12.1 Å². The van der Waals surface area contributed by atoms with E-state index < -0.39 is 5.82 Å². The Morgan fingerprint density at radius 1 is 1.44 bits per heavy atom. The number of hydrogen-bond acceptors (Lipinski definition) is 2. The summed E-state index contributed by atoms with van der Waals surface area (Å²) < 4.78 is 12.9. The molecule has 0 atom stereocenters. The van der Waals surface area contributed by atoms with Crippen LogP contribution in [0.2, 0.25) is 5.02 Å². The molecule has 0 bridgehead atoms. The lowest BCUT2D eigenvalue weighted by Gasteiger charge is -2.09. The third-order valence-electron chi connectivity index (χ3n) is 2.42. The monoisotopic (exact) mass is 272 g/mol. The zero-order valence-electron chi connectivity index (χ0n) is 10.6. The Hall–Kier alpha value is -1.29. The topological polar surface area (TPSA) is 41.1 Å². The van der Waals surface area contributed by atoms with Gasteiger partial charge in [-0.15, -0.1) is 0 Å². The molecule has 0 unspecified atom stereocenters. The first kappa shape index (κ1) is 14.8. The quantitative estimate of drug-likeness (QED) is 0.836. The number of nitrogens with one attached hydrogen (secondary N) is 2. The van der Waals surface area contributed by atoms with Gasteiger partial charge in [0.05, 0.1) is 11.6 Å². The van der Waals surface area contributed by atoms with Crippen LogP contribution in [-0.4, -0.2) is 19.0 Å². The molecule has 2 N–H and O–H groups in total.